The van der Waals surface area contributed by atoms with E-state index in [0.717, 1.165) is 34.1 Å². The number of rotatable bonds is 12. The van der Waals surface area contributed by atoms with E-state index in [4.69, 9.17) is 0 Å². The van der Waals surface area contributed by atoms with E-state index in [1.807, 2.05) is 0 Å². The summed E-state index contributed by atoms with van der Waals surface area (Å²) in [7, 11) is 0. The van der Waals surface area contributed by atoms with E-state index in [2.05, 4.69) is 337 Å². The van der Waals surface area contributed by atoms with Crippen molar-refractivity contribution >= 4 is 110 Å². The van der Waals surface area contributed by atoms with Crippen LogP contribution in [-0.4, -0.2) is 8.80 Å². The van der Waals surface area contributed by atoms with Gasteiger partial charge in [0.25, 0.3) is 0 Å². The van der Waals surface area contributed by atoms with Gasteiger partial charge < -0.3 is 18.6 Å². The summed E-state index contributed by atoms with van der Waals surface area (Å²) in [6.07, 6.45) is 0. The van der Waals surface area contributed by atoms with Crippen LogP contribution < -0.4 is 9.80 Å². The van der Waals surface area contributed by atoms with Crippen LogP contribution in [0.25, 0.3) is 121 Å². The fraction of sp³-hybridized carbons (Fsp3) is 0.0714. The van der Waals surface area contributed by atoms with Gasteiger partial charge in [-0.1, -0.05) is 234 Å². The third-order valence-electron chi connectivity index (χ3n) is 18.7. The quantitative estimate of drug-likeness (QED) is 0.121. The smallest absolute Gasteiger partial charge is 0.0641 e. The van der Waals surface area contributed by atoms with E-state index in [1.165, 1.54) is 132 Å². The lowest BCUT2D eigenvalue weighted by molar-refractivity contribution is 0.867. The second kappa shape index (κ2) is 20.4. The summed E-state index contributed by atoms with van der Waals surface area (Å²) >= 11 is 0. The zero-order valence-electron chi connectivity index (χ0n) is 49.7. The second-order valence-corrected chi connectivity index (χ2v) is 24.4. The maximum absolute atomic E-state index is 2.57. The predicted octanol–water partition coefficient (Wildman–Crippen LogP) is 23.8. The molecule has 0 fully saturated rings. The van der Waals surface area contributed by atoms with Crippen LogP contribution in [0.3, 0.4) is 0 Å². The van der Waals surface area contributed by atoms with Gasteiger partial charge in [0.05, 0.1) is 55.8 Å². The Bertz CT molecular complexity index is 5160. The Kier molecular flexibility index (Phi) is 11.9. The summed E-state index contributed by atoms with van der Waals surface area (Å²) in [5.41, 5.74) is 26.1. The number of aromatic nitrogens is 2. The van der Waals surface area contributed by atoms with E-state index in [1.54, 1.807) is 0 Å². The molecule has 0 radical (unpaired) electrons. The lowest BCUT2D eigenvalue weighted by atomic mass is 9.94. The van der Waals surface area contributed by atoms with Gasteiger partial charge in [-0.15, -0.1) is 0 Å². The monoisotopic (exact) mass is 1130 g/mol. The molecular weight excluding hydrogens is 1060 g/mol. The molecule has 4 aromatic heterocycles. The Balaban J connectivity index is 0.930. The summed E-state index contributed by atoms with van der Waals surface area (Å²) in [4.78, 5) is 5.08. The highest BCUT2D eigenvalue weighted by atomic mass is 15.2. The highest BCUT2D eigenvalue weighted by molar-refractivity contribution is 6.32. The number of hydrogen-bond donors (Lipinski definition) is 0. The predicted molar refractivity (Wildman–Crippen MR) is 375 cm³/mol. The molecule has 88 heavy (non-hydrogen) atoms. The lowest BCUT2D eigenvalue weighted by Crippen LogP contribution is -2.12. The number of fused-ring (bicyclic) bond motifs is 12. The summed E-state index contributed by atoms with van der Waals surface area (Å²) in [6, 6.07) is 109. The van der Waals surface area contributed by atoms with Crippen LogP contribution >= 0.6 is 0 Å². The van der Waals surface area contributed by atoms with E-state index >= 15 is 0 Å². The molecule has 0 saturated heterocycles. The molecule has 4 heteroatoms. The van der Waals surface area contributed by atoms with Gasteiger partial charge in [0, 0.05) is 65.6 Å². The lowest BCUT2D eigenvalue weighted by Gasteiger charge is -2.30. The average molecular weight is 1130 g/mol. The van der Waals surface area contributed by atoms with E-state index in [9.17, 15) is 0 Å². The highest BCUT2D eigenvalue weighted by Crippen LogP contribution is 2.54. The van der Waals surface area contributed by atoms with E-state index in [0.29, 0.717) is 11.8 Å². The Labute approximate surface area is 512 Å². The molecule has 0 aliphatic carbocycles. The normalized spacial score (nSPS) is 12.1. The number of para-hydroxylation sites is 2. The summed E-state index contributed by atoms with van der Waals surface area (Å²) in [5, 5.41) is 9.84. The van der Waals surface area contributed by atoms with Gasteiger partial charge in [0.15, 0.2) is 0 Å². The molecule has 0 aliphatic heterocycles. The van der Waals surface area contributed by atoms with Crippen molar-refractivity contribution in [2.24, 2.45) is 0 Å². The molecule has 13 aromatic carbocycles. The summed E-state index contributed by atoms with van der Waals surface area (Å²) < 4.78 is 5.14. The van der Waals surface area contributed by atoms with Crippen molar-refractivity contribution in [3.63, 3.8) is 0 Å². The molecule has 17 rings (SSSR count). The van der Waals surface area contributed by atoms with Crippen molar-refractivity contribution in [3.05, 3.63) is 302 Å². The van der Waals surface area contributed by atoms with Gasteiger partial charge >= 0.3 is 0 Å². The Morgan fingerprint density at radius 1 is 0.250 bits per heavy atom. The van der Waals surface area contributed by atoms with Gasteiger partial charge in [-0.2, -0.15) is 0 Å². The van der Waals surface area contributed by atoms with E-state index < -0.39 is 0 Å². The fourth-order valence-corrected chi connectivity index (χ4v) is 14.5. The van der Waals surface area contributed by atoms with Crippen LogP contribution in [0, 0.1) is 0 Å². The van der Waals surface area contributed by atoms with Crippen molar-refractivity contribution < 1.29 is 0 Å². The molecular formula is C84H62N4. The first-order valence-corrected chi connectivity index (χ1v) is 31.0. The third kappa shape index (κ3) is 7.99. The molecule has 418 valence electrons. The fourth-order valence-electron chi connectivity index (χ4n) is 14.5. The van der Waals surface area contributed by atoms with Crippen molar-refractivity contribution in [3.8, 4) is 44.5 Å². The van der Waals surface area contributed by atoms with Gasteiger partial charge in [-0.3, -0.25) is 0 Å². The first kappa shape index (κ1) is 51.5. The minimum Gasteiger partial charge on any atom is -0.309 e. The van der Waals surface area contributed by atoms with Gasteiger partial charge in [-0.25, -0.2) is 0 Å². The van der Waals surface area contributed by atoms with Crippen LogP contribution in [-0.2, 0) is 0 Å². The molecule has 0 unspecified atom stereocenters. The largest absolute Gasteiger partial charge is 0.309 e. The van der Waals surface area contributed by atoms with Crippen molar-refractivity contribution in [1.82, 2.24) is 8.80 Å². The third-order valence-corrected chi connectivity index (χ3v) is 18.7. The standard InChI is InChI=1S/C84H62N4/c1-53(2)59-39-43-75(69(49-59)57-27-13-7-14-28-57)85(63-33-21-31-61(47-63)55-23-9-5-10-24-55)77-45-41-65-71-51-80-72(52-79(71)87-73-37-19-17-35-67(73)81(77)83(65)87)66-42-46-78(82-68-36-18-20-38-74(68)88(80)84(66)82)86(64-34-22-32-62(48-64)56-25-11-6-12-26-56)76-44-40-60(54(3)4)50-70(76)58-29-15-8-16-30-58/h5-54H,1-4H3. The first-order chi connectivity index (χ1) is 43.3. The zero-order chi connectivity index (χ0) is 58.7. The van der Waals surface area contributed by atoms with Crippen LogP contribution in [0.2, 0.25) is 0 Å². The highest BCUT2D eigenvalue weighted by Gasteiger charge is 2.30. The summed E-state index contributed by atoms with van der Waals surface area (Å²) in [5.74, 6) is 0.718. The Morgan fingerprint density at radius 3 is 1.00 bits per heavy atom. The summed E-state index contributed by atoms with van der Waals surface area (Å²) in [6.45, 7) is 9.16. The van der Waals surface area contributed by atoms with Crippen LogP contribution in [0.5, 0.6) is 0 Å². The maximum atomic E-state index is 2.57. The van der Waals surface area contributed by atoms with Gasteiger partial charge in [0.1, 0.15) is 0 Å². The molecule has 4 heterocycles. The molecule has 0 N–H and O–H groups in total. The molecule has 0 bridgehead atoms. The number of hydrogen-bond acceptors (Lipinski definition) is 2. The maximum Gasteiger partial charge on any atom is 0.0641 e. The van der Waals surface area contributed by atoms with Gasteiger partial charge in [-0.05, 0) is 141 Å². The minimum absolute atomic E-state index is 0.359. The zero-order valence-corrected chi connectivity index (χ0v) is 49.7. The molecule has 0 aliphatic rings. The Morgan fingerprint density at radius 2 is 0.602 bits per heavy atom. The average Bonchev–Trinajstić information content (AvgIpc) is 1.54. The van der Waals surface area contributed by atoms with Crippen LogP contribution in [0.1, 0.15) is 50.7 Å². The second-order valence-electron chi connectivity index (χ2n) is 24.4. The minimum atomic E-state index is 0.359. The molecule has 17 aromatic rings. The molecule has 4 nitrogen and oxygen atoms in total. The van der Waals surface area contributed by atoms with Crippen molar-refractivity contribution in [1.29, 1.82) is 0 Å². The number of benzene rings is 13. The topological polar surface area (TPSA) is 15.3 Å². The first-order valence-electron chi connectivity index (χ1n) is 31.0. The van der Waals surface area contributed by atoms with Gasteiger partial charge in [0.2, 0.25) is 0 Å². The number of nitrogens with zero attached hydrogens (tertiary/aromatic N) is 4. The van der Waals surface area contributed by atoms with Crippen molar-refractivity contribution in [2.75, 3.05) is 9.80 Å². The molecule has 0 saturated carbocycles. The molecule has 0 atom stereocenters. The molecule has 0 amide bonds. The van der Waals surface area contributed by atoms with Crippen LogP contribution in [0.15, 0.2) is 291 Å². The number of anilines is 6. The Hall–Kier alpha value is -10.9. The van der Waals surface area contributed by atoms with Crippen molar-refractivity contribution in [2.45, 2.75) is 39.5 Å². The molecule has 0 spiro atoms. The SMILES string of the molecule is CC(C)c1ccc(N(c2cccc(-c3ccccc3)c2)c2ccc3c4cc5c(cc4n4c6ccccc6c2c34)c2ccc(N(c3cccc(-c4ccccc4)c3)c3ccc(C(C)C)cc3-c3ccccc3)c3c4ccccc4n5c23)c(-c2ccccc2)c1. The van der Waals surface area contributed by atoms with E-state index in [-0.39, 0.29) is 0 Å². The van der Waals surface area contributed by atoms with Crippen LogP contribution in [0.4, 0.5) is 34.1 Å².